The van der Waals surface area contributed by atoms with Gasteiger partial charge in [-0.05, 0) is 24.8 Å². The van der Waals surface area contributed by atoms with E-state index < -0.39 is 0 Å². The molecule has 1 aromatic rings. The summed E-state index contributed by atoms with van der Waals surface area (Å²) in [4.78, 5) is 29.1. The zero-order valence-corrected chi connectivity index (χ0v) is 16.5. The van der Waals surface area contributed by atoms with Crippen molar-refractivity contribution in [3.8, 4) is 0 Å². The molecule has 3 rings (SSSR count). The van der Waals surface area contributed by atoms with E-state index in [2.05, 4.69) is 10.2 Å². The minimum Gasteiger partial charge on any atom is -0.351 e. The summed E-state index contributed by atoms with van der Waals surface area (Å²) in [6.07, 6.45) is 7.02. The second-order valence-corrected chi connectivity index (χ2v) is 7.99. The van der Waals surface area contributed by atoms with Gasteiger partial charge in [-0.2, -0.15) is 0 Å². The first-order valence-electron chi connectivity index (χ1n) is 10.5. The van der Waals surface area contributed by atoms with Gasteiger partial charge < -0.3 is 10.2 Å². The van der Waals surface area contributed by atoms with Gasteiger partial charge in [0.1, 0.15) is 0 Å². The van der Waals surface area contributed by atoms with Gasteiger partial charge in [0.15, 0.2) is 0 Å². The van der Waals surface area contributed by atoms with Crippen LogP contribution >= 0.6 is 0 Å². The molecule has 5 nitrogen and oxygen atoms in total. The summed E-state index contributed by atoms with van der Waals surface area (Å²) in [7, 11) is 0. The predicted molar refractivity (Wildman–Crippen MR) is 107 cm³/mol. The lowest BCUT2D eigenvalue weighted by atomic mass is 10.0. The largest absolute Gasteiger partial charge is 0.351 e. The molecule has 1 aromatic carbocycles. The second-order valence-electron chi connectivity index (χ2n) is 7.99. The molecule has 5 heteroatoms. The van der Waals surface area contributed by atoms with Crippen LogP contribution in [0.2, 0.25) is 0 Å². The van der Waals surface area contributed by atoms with E-state index in [4.69, 9.17) is 0 Å². The third-order valence-corrected chi connectivity index (χ3v) is 6.14. The summed E-state index contributed by atoms with van der Waals surface area (Å²) in [6.45, 7) is 5.53. The van der Waals surface area contributed by atoms with Crippen LogP contribution in [0.3, 0.4) is 0 Å². The van der Waals surface area contributed by atoms with Gasteiger partial charge in [-0.1, -0.05) is 56.0 Å². The Balaban J connectivity index is 1.37. The Morgan fingerprint density at radius 1 is 1.07 bits per heavy atom. The molecule has 0 radical (unpaired) electrons. The van der Waals surface area contributed by atoms with Crippen molar-refractivity contribution in [1.29, 1.82) is 0 Å². The lowest BCUT2D eigenvalue weighted by Gasteiger charge is -2.37. The first kappa shape index (κ1) is 19.9. The van der Waals surface area contributed by atoms with Crippen LogP contribution < -0.4 is 5.32 Å². The maximum atomic E-state index is 12.5. The van der Waals surface area contributed by atoms with Crippen molar-refractivity contribution in [1.82, 2.24) is 15.1 Å². The Morgan fingerprint density at radius 3 is 2.41 bits per heavy atom. The SMILES string of the molecule is CC(C(=O)NCc1ccccc1)N1CCN(C(=O)CCC2CCCC2)CC1. The monoisotopic (exact) mass is 371 g/mol. The molecule has 2 amide bonds. The van der Waals surface area contributed by atoms with Crippen LogP contribution in [0.15, 0.2) is 30.3 Å². The van der Waals surface area contributed by atoms with Crippen molar-refractivity contribution in [3.63, 3.8) is 0 Å². The molecule has 0 bridgehead atoms. The fourth-order valence-electron chi connectivity index (χ4n) is 4.24. The van der Waals surface area contributed by atoms with E-state index in [0.29, 0.717) is 18.9 Å². The third kappa shape index (κ3) is 5.80. The molecule has 1 atom stereocenters. The lowest BCUT2D eigenvalue weighted by Crippen LogP contribution is -2.54. The number of rotatable bonds is 7. The standard InChI is InChI=1S/C22H33N3O2/c1-18(22(27)23-17-20-9-3-2-4-10-20)24-13-15-25(16-14-24)21(26)12-11-19-7-5-6-8-19/h2-4,9-10,18-19H,5-8,11-17H2,1H3,(H,23,27). The van der Waals surface area contributed by atoms with E-state index in [9.17, 15) is 9.59 Å². The number of nitrogens with zero attached hydrogens (tertiary/aromatic N) is 2. The number of carbonyl (C=O) groups is 2. The molecule has 148 valence electrons. The van der Waals surface area contributed by atoms with Crippen molar-refractivity contribution in [2.24, 2.45) is 5.92 Å². The molecule has 1 aliphatic carbocycles. The highest BCUT2D eigenvalue weighted by molar-refractivity contribution is 5.81. The van der Waals surface area contributed by atoms with Crippen molar-refractivity contribution in [2.45, 2.75) is 58.0 Å². The lowest BCUT2D eigenvalue weighted by molar-refractivity contribution is -0.134. The van der Waals surface area contributed by atoms with Crippen LogP contribution in [-0.4, -0.2) is 53.8 Å². The number of hydrogen-bond donors (Lipinski definition) is 1. The average Bonchev–Trinajstić information content (AvgIpc) is 3.24. The van der Waals surface area contributed by atoms with E-state index in [0.717, 1.165) is 44.1 Å². The Labute approximate surface area is 163 Å². The van der Waals surface area contributed by atoms with E-state index in [1.54, 1.807) is 0 Å². The van der Waals surface area contributed by atoms with Crippen LogP contribution in [0.4, 0.5) is 0 Å². The molecule has 1 unspecified atom stereocenters. The molecule has 27 heavy (non-hydrogen) atoms. The Bertz CT molecular complexity index is 605. The maximum absolute atomic E-state index is 12.5. The molecule has 1 N–H and O–H groups in total. The molecule has 2 aliphatic rings. The number of benzene rings is 1. The second kappa shape index (κ2) is 9.88. The number of hydrogen-bond acceptors (Lipinski definition) is 3. The van der Waals surface area contributed by atoms with Gasteiger partial charge in [-0.3, -0.25) is 14.5 Å². The summed E-state index contributed by atoms with van der Waals surface area (Å²) >= 11 is 0. The van der Waals surface area contributed by atoms with Crippen molar-refractivity contribution < 1.29 is 9.59 Å². The van der Waals surface area contributed by atoms with E-state index in [1.165, 1.54) is 25.7 Å². The van der Waals surface area contributed by atoms with E-state index in [-0.39, 0.29) is 11.9 Å². The first-order valence-corrected chi connectivity index (χ1v) is 10.5. The van der Waals surface area contributed by atoms with Crippen LogP contribution in [0, 0.1) is 5.92 Å². The normalized spacial score (nSPS) is 19.8. The summed E-state index contributed by atoms with van der Waals surface area (Å²) in [5.41, 5.74) is 1.11. The third-order valence-electron chi connectivity index (χ3n) is 6.14. The van der Waals surface area contributed by atoms with Crippen LogP contribution in [0.1, 0.15) is 51.0 Å². The van der Waals surface area contributed by atoms with Gasteiger partial charge in [0, 0.05) is 39.1 Å². The van der Waals surface area contributed by atoms with Crippen molar-refractivity contribution in [3.05, 3.63) is 35.9 Å². The molecule has 1 heterocycles. The highest BCUT2D eigenvalue weighted by Gasteiger charge is 2.27. The molecular formula is C22H33N3O2. The molecule has 0 spiro atoms. The first-order chi connectivity index (χ1) is 13.1. The molecule has 0 aromatic heterocycles. The molecule has 1 saturated heterocycles. The Hall–Kier alpha value is -1.88. The average molecular weight is 372 g/mol. The zero-order chi connectivity index (χ0) is 19.1. The van der Waals surface area contributed by atoms with Crippen LogP contribution in [0.5, 0.6) is 0 Å². The minimum absolute atomic E-state index is 0.0554. The molecular weight excluding hydrogens is 338 g/mol. The zero-order valence-electron chi connectivity index (χ0n) is 16.5. The van der Waals surface area contributed by atoms with Gasteiger partial charge in [0.25, 0.3) is 0 Å². The number of amides is 2. The summed E-state index contributed by atoms with van der Waals surface area (Å²) in [5.74, 6) is 1.12. The van der Waals surface area contributed by atoms with Crippen LogP contribution in [0.25, 0.3) is 0 Å². The molecule has 1 saturated carbocycles. The van der Waals surface area contributed by atoms with Gasteiger partial charge in [0.2, 0.25) is 11.8 Å². The Morgan fingerprint density at radius 2 is 1.74 bits per heavy atom. The van der Waals surface area contributed by atoms with Crippen molar-refractivity contribution >= 4 is 11.8 Å². The summed E-state index contributed by atoms with van der Waals surface area (Å²) in [6, 6.07) is 9.80. The van der Waals surface area contributed by atoms with Gasteiger partial charge in [-0.15, -0.1) is 0 Å². The highest BCUT2D eigenvalue weighted by atomic mass is 16.2. The van der Waals surface area contributed by atoms with Gasteiger partial charge in [-0.25, -0.2) is 0 Å². The summed E-state index contributed by atoms with van der Waals surface area (Å²) < 4.78 is 0. The quantitative estimate of drug-likeness (QED) is 0.802. The highest BCUT2D eigenvalue weighted by Crippen LogP contribution is 2.28. The molecule has 1 aliphatic heterocycles. The van der Waals surface area contributed by atoms with E-state index in [1.807, 2.05) is 42.2 Å². The Kier molecular flexibility index (Phi) is 7.27. The molecule has 2 fully saturated rings. The van der Waals surface area contributed by atoms with E-state index >= 15 is 0 Å². The van der Waals surface area contributed by atoms with Gasteiger partial charge in [0.05, 0.1) is 6.04 Å². The maximum Gasteiger partial charge on any atom is 0.237 e. The number of piperazine rings is 1. The fourth-order valence-corrected chi connectivity index (χ4v) is 4.24. The topological polar surface area (TPSA) is 52.7 Å². The summed E-state index contributed by atoms with van der Waals surface area (Å²) in [5, 5.41) is 3.02. The number of carbonyl (C=O) groups excluding carboxylic acids is 2. The number of nitrogens with one attached hydrogen (secondary N) is 1. The fraction of sp³-hybridized carbons (Fsp3) is 0.636. The van der Waals surface area contributed by atoms with Gasteiger partial charge >= 0.3 is 0 Å². The van der Waals surface area contributed by atoms with Crippen LogP contribution in [-0.2, 0) is 16.1 Å². The minimum atomic E-state index is -0.163. The predicted octanol–water partition coefficient (Wildman–Crippen LogP) is 2.81. The smallest absolute Gasteiger partial charge is 0.237 e. The van der Waals surface area contributed by atoms with Crippen molar-refractivity contribution in [2.75, 3.05) is 26.2 Å².